The van der Waals surface area contributed by atoms with Gasteiger partial charge in [-0.1, -0.05) is 60.7 Å². The predicted octanol–water partition coefficient (Wildman–Crippen LogP) is 3.01. The third-order valence-corrected chi connectivity index (χ3v) is 2.82. The third kappa shape index (κ3) is 2.71. The highest BCUT2D eigenvalue weighted by Crippen LogP contribution is 2.19. The first kappa shape index (κ1) is 10.9. The zero-order valence-electron chi connectivity index (χ0n) is 9.21. The molecule has 2 aromatic rings. The van der Waals surface area contributed by atoms with Crippen LogP contribution >= 0.6 is 0 Å². The minimum atomic E-state index is 0.193. The summed E-state index contributed by atoms with van der Waals surface area (Å²) >= 11 is 0. The lowest BCUT2D eigenvalue weighted by atomic mass is 9.93. The zero-order valence-corrected chi connectivity index (χ0v) is 9.21. The highest BCUT2D eigenvalue weighted by molar-refractivity contribution is 5.24. The monoisotopic (exact) mass is 212 g/mol. The van der Waals surface area contributed by atoms with Crippen molar-refractivity contribution in [3.05, 3.63) is 71.8 Å². The summed E-state index contributed by atoms with van der Waals surface area (Å²) in [4.78, 5) is 0. The Bertz CT molecular complexity index is 408. The maximum Gasteiger partial charge on any atom is 0.0502 e. The largest absolute Gasteiger partial charge is 0.396 e. The van der Waals surface area contributed by atoms with Crippen LogP contribution in [0.15, 0.2) is 60.7 Å². The van der Waals surface area contributed by atoms with Crippen LogP contribution in [0.1, 0.15) is 17.0 Å². The van der Waals surface area contributed by atoms with Crippen molar-refractivity contribution in [1.29, 1.82) is 0 Å². The molecule has 0 fully saturated rings. The van der Waals surface area contributed by atoms with Crippen molar-refractivity contribution in [1.82, 2.24) is 0 Å². The van der Waals surface area contributed by atoms with Crippen LogP contribution in [0.5, 0.6) is 0 Å². The highest BCUT2D eigenvalue weighted by atomic mass is 16.3. The van der Waals surface area contributed by atoms with Gasteiger partial charge in [0.25, 0.3) is 0 Å². The summed E-state index contributed by atoms with van der Waals surface area (Å²) in [6.45, 7) is 0.193. The van der Waals surface area contributed by atoms with Gasteiger partial charge in [-0.05, 0) is 17.5 Å². The lowest BCUT2D eigenvalue weighted by molar-refractivity contribution is 0.264. The summed E-state index contributed by atoms with van der Waals surface area (Å²) in [5.41, 5.74) is 2.47. The molecule has 0 aromatic heterocycles. The van der Waals surface area contributed by atoms with Gasteiger partial charge in [-0.15, -0.1) is 0 Å². The molecule has 2 rings (SSSR count). The average molecular weight is 212 g/mol. The van der Waals surface area contributed by atoms with Crippen LogP contribution in [0.2, 0.25) is 0 Å². The van der Waals surface area contributed by atoms with Gasteiger partial charge < -0.3 is 5.11 Å². The fraction of sp³-hybridized carbons (Fsp3) is 0.200. The normalized spacial score (nSPS) is 12.3. The molecule has 16 heavy (non-hydrogen) atoms. The van der Waals surface area contributed by atoms with Crippen LogP contribution in [-0.4, -0.2) is 11.7 Å². The first-order valence-corrected chi connectivity index (χ1v) is 5.60. The van der Waals surface area contributed by atoms with E-state index in [1.807, 2.05) is 36.4 Å². The number of aliphatic hydroxyl groups excluding tert-OH is 1. The van der Waals surface area contributed by atoms with Crippen LogP contribution in [0, 0.1) is 0 Å². The number of hydrogen-bond acceptors (Lipinski definition) is 1. The molecule has 0 saturated heterocycles. The van der Waals surface area contributed by atoms with Gasteiger partial charge in [-0.2, -0.15) is 0 Å². The highest BCUT2D eigenvalue weighted by Gasteiger charge is 2.10. The first-order chi connectivity index (χ1) is 7.90. The molecule has 1 unspecified atom stereocenters. The molecule has 2 aromatic carbocycles. The van der Waals surface area contributed by atoms with Crippen molar-refractivity contribution in [2.75, 3.05) is 6.61 Å². The SMILES string of the molecule is OCC(Cc1ccccc1)c1ccccc1. The van der Waals surface area contributed by atoms with E-state index in [1.165, 1.54) is 11.1 Å². The third-order valence-electron chi connectivity index (χ3n) is 2.82. The Labute approximate surface area is 96.4 Å². The maximum atomic E-state index is 9.44. The van der Waals surface area contributed by atoms with Crippen molar-refractivity contribution in [2.24, 2.45) is 0 Å². The summed E-state index contributed by atoms with van der Waals surface area (Å²) in [6, 6.07) is 20.5. The van der Waals surface area contributed by atoms with Gasteiger partial charge in [0, 0.05) is 5.92 Å². The summed E-state index contributed by atoms with van der Waals surface area (Å²) in [5, 5.41) is 9.44. The Hall–Kier alpha value is -1.60. The molecule has 1 N–H and O–H groups in total. The Kier molecular flexibility index (Phi) is 3.73. The molecule has 1 heteroatoms. The van der Waals surface area contributed by atoms with Crippen molar-refractivity contribution in [2.45, 2.75) is 12.3 Å². The lowest BCUT2D eigenvalue weighted by Crippen LogP contribution is -2.07. The van der Waals surface area contributed by atoms with Gasteiger partial charge in [-0.3, -0.25) is 0 Å². The van der Waals surface area contributed by atoms with Crippen molar-refractivity contribution in [3.8, 4) is 0 Å². The van der Waals surface area contributed by atoms with E-state index in [0.717, 1.165) is 6.42 Å². The Morgan fingerprint density at radius 3 is 1.94 bits per heavy atom. The molecule has 0 aliphatic rings. The second-order valence-electron chi connectivity index (χ2n) is 3.98. The van der Waals surface area contributed by atoms with E-state index in [-0.39, 0.29) is 12.5 Å². The predicted molar refractivity (Wildman–Crippen MR) is 66.4 cm³/mol. The molecule has 0 aliphatic carbocycles. The van der Waals surface area contributed by atoms with E-state index in [2.05, 4.69) is 24.3 Å². The molecule has 0 spiro atoms. The average Bonchev–Trinajstić information content (AvgIpc) is 2.38. The molecule has 0 radical (unpaired) electrons. The smallest absolute Gasteiger partial charge is 0.0502 e. The molecular weight excluding hydrogens is 196 g/mol. The van der Waals surface area contributed by atoms with E-state index in [9.17, 15) is 5.11 Å². The quantitative estimate of drug-likeness (QED) is 0.826. The molecule has 0 bridgehead atoms. The second-order valence-corrected chi connectivity index (χ2v) is 3.98. The summed E-state index contributed by atoms with van der Waals surface area (Å²) < 4.78 is 0. The van der Waals surface area contributed by atoms with Crippen LogP contribution in [0.4, 0.5) is 0 Å². The van der Waals surface area contributed by atoms with E-state index >= 15 is 0 Å². The number of aliphatic hydroxyl groups is 1. The molecule has 0 saturated carbocycles. The van der Waals surface area contributed by atoms with E-state index in [0.29, 0.717) is 0 Å². The van der Waals surface area contributed by atoms with E-state index in [1.54, 1.807) is 0 Å². The molecule has 0 aliphatic heterocycles. The van der Waals surface area contributed by atoms with E-state index < -0.39 is 0 Å². The fourth-order valence-electron chi connectivity index (χ4n) is 1.91. The second kappa shape index (κ2) is 5.47. The summed E-state index contributed by atoms with van der Waals surface area (Å²) in [7, 11) is 0. The van der Waals surface area contributed by atoms with Crippen molar-refractivity contribution < 1.29 is 5.11 Å². The van der Waals surface area contributed by atoms with Gasteiger partial charge in [0.1, 0.15) is 0 Å². The first-order valence-electron chi connectivity index (χ1n) is 5.60. The summed E-state index contributed by atoms with van der Waals surface area (Å²) in [5.74, 6) is 0.198. The van der Waals surface area contributed by atoms with Crippen LogP contribution in [-0.2, 0) is 6.42 Å². The van der Waals surface area contributed by atoms with E-state index in [4.69, 9.17) is 0 Å². The Morgan fingerprint density at radius 2 is 1.38 bits per heavy atom. The number of rotatable bonds is 4. The number of benzene rings is 2. The Morgan fingerprint density at radius 1 is 0.812 bits per heavy atom. The minimum Gasteiger partial charge on any atom is -0.396 e. The van der Waals surface area contributed by atoms with Gasteiger partial charge >= 0.3 is 0 Å². The molecule has 0 amide bonds. The lowest BCUT2D eigenvalue weighted by Gasteiger charge is -2.14. The zero-order chi connectivity index (χ0) is 11.2. The molecular formula is C15H16O. The van der Waals surface area contributed by atoms with Gasteiger partial charge in [-0.25, -0.2) is 0 Å². The molecule has 1 nitrogen and oxygen atoms in total. The standard InChI is InChI=1S/C15H16O/c16-12-15(14-9-5-2-6-10-14)11-13-7-3-1-4-8-13/h1-10,15-16H,11-12H2. The van der Waals surface area contributed by atoms with Crippen LogP contribution in [0.25, 0.3) is 0 Å². The fourth-order valence-corrected chi connectivity index (χ4v) is 1.91. The van der Waals surface area contributed by atoms with Gasteiger partial charge in [0.05, 0.1) is 6.61 Å². The topological polar surface area (TPSA) is 20.2 Å². The van der Waals surface area contributed by atoms with Gasteiger partial charge in [0.15, 0.2) is 0 Å². The number of hydrogen-bond donors (Lipinski definition) is 1. The maximum absolute atomic E-state index is 9.44. The molecule has 0 heterocycles. The van der Waals surface area contributed by atoms with Crippen molar-refractivity contribution in [3.63, 3.8) is 0 Å². The van der Waals surface area contributed by atoms with Crippen LogP contribution in [0.3, 0.4) is 0 Å². The molecule has 82 valence electrons. The van der Waals surface area contributed by atoms with Gasteiger partial charge in [0.2, 0.25) is 0 Å². The van der Waals surface area contributed by atoms with Crippen molar-refractivity contribution >= 4 is 0 Å². The molecule has 1 atom stereocenters. The summed E-state index contributed by atoms with van der Waals surface area (Å²) in [6.07, 6.45) is 0.890. The minimum absolute atomic E-state index is 0.193. The van der Waals surface area contributed by atoms with Crippen LogP contribution < -0.4 is 0 Å². The Balaban J connectivity index is 2.13.